The van der Waals surface area contributed by atoms with Crippen molar-refractivity contribution in [3.05, 3.63) is 48.3 Å². The van der Waals surface area contributed by atoms with Crippen LogP contribution in [-0.4, -0.2) is 11.8 Å². The van der Waals surface area contributed by atoms with Crippen LogP contribution in [0.25, 0.3) is 0 Å². The molecule has 0 saturated heterocycles. The molecule has 2 aromatic rings. The Bertz CT molecular complexity index is 592. The lowest BCUT2D eigenvalue weighted by molar-refractivity contribution is -0.130. The molecule has 3 rings (SSSR count). The molecular formula is C18H22N2O4. The van der Waals surface area contributed by atoms with E-state index < -0.39 is 0 Å². The van der Waals surface area contributed by atoms with Gasteiger partial charge in [-0.05, 0) is 43.5 Å². The fourth-order valence-electron chi connectivity index (χ4n) is 3.13. The average molecular weight is 330 g/mol. The second-order valence-corrected chi connectivity index (χ2v) is 6.15. The third-order valence-electron chi connectivity index (χ3n) is 4.45. The van der Waals surface area contributed by atoms with E-state index in [1.54, 1.807) is 24.7 Å². The van der Waals surface area contributed by atoms with Gasteiger partial charge in [0.2, 0.25) is 11.8 Å². The molecule has 1 fully saturated rings. The van der Waals surface area contributed by atoms with E-state index in [2.05, 4.69) is 10.6 Å². The number of rotatable bonds is 6. The maximum atomic E-state index is 12.3. The van der Waals surface area contributed by atoms with Crippen LogP contribution in [-0.2, 0) is 22.7 Å². The molecule has 6 heteroatoms. The fourth-order valence-corrected chi connectivity index (χ4v) is 3.13. The highest BCUT2D eigenvalue weighted by molar-refractivity contribution is 5.82. The standard InChI is InChI=1S/C18H22N2O4/c21-17(19-11-15-6-2-8-23-15)13-4-1-5-14(10-13)18(22)20-12-16-7-3-9-24-16/h2-3,6-9,13-14H,1,4-5,10-12H2,(H,19,21)(H,20,22)/t13-,14-/m0/s1. The SMILES string of the molecule is O=C(NCc1ccco1)[C@H]1CCC[C@H](C(=O)NCc2ccco2)C1. The highest BCUT2D eigenvalue weighted by atomic mass is 16.3. The van der Waals surface area contributed by atoms with Gasteiger partial charge < -0.3 is 19.5 Å². The van der Waals surface area contributed by atoms with Crippen LogP contribution in [0.1, 0.15) is 37.2 Å². The van der Waals surface area contributed by atoms with Crippen molar-refractivity contribution in [2.45, 2.75) is 38.8 Å². The first kappa shape index (κ1) is 16.4. The van der Waals surface area contributed by atoms with Gasteiger partial charge in [-0.1, -0.05) is 6.42 Å². The predicted molar refractivity (Wildman–Crippen MR) is 86.6 cm³/mol. The van der Waals surface area contributed by atoms with Gasteiger partial charge in [0.05, 0.1) is 25.6 Å². The summed E-state index contributed by atoms with van der Waals surface area (Å²) >= 11 is 0. The van der Waals surface area contributed by atoms with Crippen LogP contribution in [0.2, 0.25) is 0 Å². The first-order valence-electron chi connectivity index (χ1n) is 8.32. The normalized spacial score (nSPS) is 20.5. The molecular weight excluding hydrogens is 308 g/mol. The first-order valence-corrected chi connectivity index (χ1v) is 8.32. The number of carbonyl (C=O) groups excluding carboxylic acids is 2. The van der Waals surface area contributed by atoms with E-state index in [1.807, 2.05) is 12.1 Å². The van der Waals surface area contributed by atoms with E-state index in [0.717, 1.165) is 30.8 Å². The molecule has 1 aliphatic carbocycles. The van der Waals surface area contributed by atoms with Crippen molar-refractivity contribution in [2.75, 3.05) is 0 Å². The molecule has 0 aromatic carbocycles. The van der Waals surface area contributed by atoms with E-state index in [-0.39, 0.29) is 23.7 Å². The highest BCUT2D eigenvalue weighted by Gasteiger charge is 2.31. The van der Waals surface area contributed by atoms with E-state index in [4.69, 9.17) is 8.83 Å². The van der Waals surface area contributed by atoms with E-state index in [1.165, 1.54) is 0 Å². The van der Waals surface area contributed by atoms with Crippen molar-refractivity contribution in [1.82, 2.24) is 10.6 Å². The van der Waals surface area contributed by atoms with Crippen molar-refractivity contribution < 1.29 is 18.4 Å². The minimum atomic E-state index is -0.118. The fraction of sp³-hybridized carbons (Fsp3) is 0.444. The van der Waals surface area contributed by atoms with Crippen molar-refractivity contribution in [3.8, 4) is 0 Å². The molecule has 0 radical (unpaired) electrons. The molecule has 2 aromatic heterocycles. The zero-order chi connectivity index (χ0) is 16.8. The maximum Gasteiger partial charge on any atom is 0.223 e. The van der Waals surface area contributed by atoms with Gasteiger partial charge >= 0.3 is 0 Å². The Hall–Kier alpha value is -2.50. The van der Waals surface area contributed by atoms with Crippen LogP contribution in [0.15, 0.2) is 45.6 Å². The zero-order valence-electron chi connectivity index (χ0n) is 13.5. The van der Waals surface area contributed by atoms with Gasteiger partial charge in [0.1, 0.15) is 11.5 Å². The third-order valence-corrected chi connectivity index (χ3v) is 4.45. The molecule has 24 heavy (non-hydrogen) atoms. The quantitative estimate of drug-likeness (QED) is 0.852. The summed E-state index contributed by atoms with van der Waals surface area (Å²) in [5.74, 6) is 1.21. The summed E-state index contributed by atoms with van der Waals surface area (Å²) in [7, 11) is 0. The van der Waals surface area contributed by atoms with E-state index in [0.29, 0.717) is 19.5 Å². The number of carbonyl (C=O) groups is 2. The van der Waals surface area contributed by atoms with Gasteiger partial charge in [-0.2, -0.15) is 0 Å². The average Bonchev–Trinajstić information content (AvgIpc) is 3.31. The van der Waals surface area contributed by atoms with Gasteiger partial charge in [-0.3, -0.25) is 9.59 Å². The van der Waals surface area contributed by atoms with Crippen molar-refractivity contribution in [3.63, 3.8) is 0 Å². The lowest BCUT2D eigenvalue weighted by Gasteiger charge is -2.27. The van der Waals surface area contributed by atoms with Crippen molar-refractivity contribution in [2.24, 2.45) is 11.8 Å². The molecule has 6 nitrogen and oxygen atoms in total. The van der Waals surface area contributed by atoms with Gasteiger partial charge in [0.25, 0.3) is 0 Å². The number of nitrogens with one attached hydrogen (secondary N) is 2. The van der Waals surface area contributed by atoms with Crippen LogP contribution in [0.5, 0.6) is 0 Å². The molecule has 1 aliphatic rings. The third kappa shape index (κ3) is 4.28. The lowest BCUT2D eigenvalue weighted by Crippen LogP contribution is -2.38. The largest absolute Gasteiger partial charge is 0.467 e. The van der Waals surface area contributed by atoms with Crippen LogP contribution in [0.4, 0.5) is 0 Å². The first-order chi connectivity index (χ1) is 11.7. The molecule has 128 valence electrons. The van der Waals surface area contributed by atoms with Gasteiger partial charge in [0, 0.05) is 11.8 Å². The van der Waals surface area contributed by atoms with Crippen LogP contribution in [0, 0.1) is 11.8 Å². The summed E-state index contributed by atoms with van der Waals surface area (Å²) in [4.78, 5) is 24.6. The maximum absolute atomic E-state index is 12.3. The molecule has 1 saturated carbocycles. The number of amides is 2. The number of hydrogen-bond donors (Lipinski definition) is 2. The molecule has 0 spiro atoms. The molecule has 2 atom stereocenters. The summed E-state index contributed by atoms with van der Waals surface area (Å²) in [6.07, 6.45) is 6.30. The Morgan fingerprint density at radius 2 is 1.42 bits per heavy atom. The number of hydrogen-bond acceptors (Lipinski definition) is 4. The Balaban J connectivity index is 1.46. The monoisotopic (exact) mass is 330 g/mol. The second kappa shape index (κ2) is 7.86. The van der Waals surface area contributed by atoms with Crippen molar-refractivity contribution in [1.29, 1.82) is 0 Å². The smallest absolute Gasteiger partial charge is 0.223 e. The minimum absolute atomic E-state index is 0.00469. The molecule has 0 unspecified atom stereocenters. The van der Waals surface area contributed by atoms with E-state index in [9.17, 15) is 9.59 Å². The molecule has 0 aliphatic heterocycles. The lowest BCUT2D eigenvalue weighted by atomic mass is 9.80. The van der Waals surface area contributed by atoms with Gasteiger partial charge in [-0.25, -0.2) is 0 Å². The highest BCUT2D eigenvalue weighted by Crippen LogP contribution is 2.29. The summed E-state index contributed by atoms with van der Waals surface area (Å²) in [5.41, 5.74) is 0. The minimum Gasteiger partial charge on any atom is -0.467 e. The topological polar surface area (TPSA) is 84.5 Å². The summed E-state index contributed by atoms with van der Waals surface area (Å²) in [5, 5.41) is 5.78. The molecule has 2 amide bonds. The Morgan fingerprint density at radius 3 is 1.83 bits per heavy atom. The zero-order valence-corrected chi connectivity index (χ0v) is 13.5. The molecule has 2 heterocycles. The molecule has 0 bridgehead atoms. The Morgan fingerprint density at radius 1 is 0.917 bits per heavy atom. The van der Waals surface area contributed by atoms with Crippen LogP contribution < -0.4 is 10.6 Å². The van der Waals surface area contributed by atoms with E-state index >= 15 is 0 Å². The van der Waals surface area contributed by atoms with Gasteiger partial charge in [-0.15, -0.1) is 0 Å². The van der Waals surface area contributed by atoms with Crippen LogP contribution in [0.3, 0.4) is 0 Å². The summed E-state index contributed by atoms with van der Waals surface area (Å²) < 4.78 is 10.4. The second-order valence-electron chi connectivity index (χ2n) is 6.15. The predicted octanol–water partition coefficient (Wildman–Crippen LogP) is 2.61. The number of furan rings is 2. The summed E-state index contributed by atoms with van der Waals surface area (Å²) in [6, 6.07) is 7.24. The molecule has 2 N–H and O–H groups in total. The van der Waals surface area contributed by atoms with Crippen LogP contribution >= 0.6 is 0 Å². The summed E-state index contributed by atoms with van der Waals surface area (Å²) in [6.45, 7) is 0.773. The Labute approximate surface area is 140 Å². The van der Waals surface area contributed by atoms with Crippen molar-refractivity contribution >= 4 is 11.8 Å². The Kier molecular flexibility index (Phi) is 5.36. The van der Waals surface area contributed by atoms with Gasteiger partial charge in [0.15, 0.2) is 0 Å².